The molecule has 3 aromatic heterocycles. The summed E-state index contributed by atoms with van der Waals surface area (Å²) in [5.41, 5.74) is 2.56. The topological polar surface area (TPSA) is 115 Å². The van der Waals surface area contributed by atoms with Crippen molar-refractivity contribution in [3.63, 3.8) is 0 Å². The van der Waals surface area contributed by atoms with Crippen LogP contribution >= 0.6 is 0 Å². The molecule has 1 aliphatic heterocycles. The molecule has 0 unspecified atom stereocenters. The Labute approximate surface area is 227 Å². The van der Waals surface area contributed by atoms with Crippen molar-refractivity contribution in [2.45, 2.75) is 19.3 Å². The Bertz CT molecular complexity index is 1380. The SMILES string of the molecule is COc1cc(Nc2nccc(N3CCC[C@H](C(=O)NCCc4cn5ccccc5n4)C3)n2)cc(OC)c1OC. The van der Waals surface area contributed by atoms with Crippen LogP contribution in [-0.4, -0.2) is 66.2 Å². The summed E-state index contributed by atoms with van der Waals surface area (Å²) in [6, 6.07) is 11.4. The lowest BCUT2D eigenvalue weighted by Gasteiger charge is -2.33. The molecule has 0 spiro atoms. The number of nitrogens with zero attached hydrogens (tertiary/aromatic N) is 5. The van der Waals surface area contributed by atoms with Gasteiger partial charge in [-0.3, -0.25) is 4.79 Å². The summed E-state index contributed by atoms with van der Waals surface area (Å²) >= 11 is 0. The fourth-order valence-corrected chi connectivity index (χ4v) is 4.83. The minimum absolute atomic E-state index is 0.0632. The van der Waals surface area contributed by atoms with Crippen molar-refractivity contribution in [1.82, 2.24) is 24.7 Å². The number of amides is 1. The minimum atomic E-state index is -0.110. The smallest absolute Gasteiger partial charge is 0.229 e. The molecule has 39 heavy (non-hydrogen) atoms. The van der Waals surface area contributed by atoms with E-state index in [4.69, 9.17) is 19.2 Å². The molecule has 4 heterocycles. The number of fused-ring (bicyclic) bond motifs is 1. The predicted octanol–water partition coefficient (Wildman–Crippen LogP) is 3.47. The lowest BCUT2D eigenvalue weighted by Crippen LogP contribution is -2.43. The highest BCUT2D eigenvalue weighted by Gasteiger charge is 2.26. The van der Waals surface area contributed by atoms with Crippen molar-refractivity contribution in [1.29, 1.82) is 0 Å². The van der Waals surface area contributed by atoms with Crippen molar-refractivity contribution < 1.29 is 19.0 Å². The van der Waals surface area contributed by atoms with Gasteiger partial charge in [-0.25, -0.2) is 9.97 Å². The van der Waals surface area contributed by atoms with Crippen LogP contribution in [0.2, 0.25) is 0 Å². The third-order valence-corrected chi connectivity index (χ3v) is 6.77. The fraction of sp³-hybridized carbons (Fsp3) is 0.357. The van der Waals surface area contributed by atoms with Crippen LogP contribution in [0.5, 0.6) is 17.2 Å². The summed E-state index contributed by atoms with van der Waals surface area (Å²) in [4.78, 5) is 28.8. The first-order valence-electron chi connectivity index (χ1n) is 12.9. The molecule has 0 radical (unpaired) electrons. The molecule has 11 nitrogen and oxygen atoms in total. The predicted molar refractivity (Wildman–Crippen MR) is 148 cm³/mol. The van der Waals surface area contributed by atoms with Crippen LogP contribution in [0.3, 0.4) is 0 Å². The molecule has 1 aromatic carbocycles. The maximum absolute atomic E-state index is 13.0. The van der Waals surface area contributed by atoms with Crippen LogP contribution in [0, 0.1) is 5.92 Å². The zero-order valence-corrected chi connectivity index (χ0v) is 22.4. The number of methoxy groups -OCH3 is 3. The van der Waals surface area contributed by atoms with Crippen LogP contribution in [-0.2, 0) is 11.2 Å². The molecule has 1 fully saturated rings. The van der Waals surface area contributed by atoms with Crippen molar-refractivity contribution in [3.8, 4) is 17.2 Å². The normalized spacial score (nSPS) is 15.2. The van der Waals surface area contributed by atoms with E-state index in [9.17, 15) is 4.79 Å². The number of anilines is 3. The molecule has 11 heteroatoms. The van der Waals surface area contributed by atoms with Gasteiger partial charge in [0.25, 0.3) is 0 Å². The van der Waals surface area contributed by atoms with Gasteiger partial charge in [0.15, 0.2) is 11.5 Å². The second-order valence-electron chi connectivity index (χ2n) is 9.30. The summed E-state index contributed by atoms with van der Waals surface area (Å²) < 4.78 is 18.3. The molecule has 2 N–H and O–H groups in total. The van der Waals surface area contributed by atoms with E-state index in [1.165, 1.54) is 0 Å². The van der Waals surface area contributed by atoms with Crippen molar-refractivity contribution in [2.75, 3.05) is 51.2 Å². The molecule has 0 bridgehead atoms. The zero-order chi connectivity index (χ0) is 27.2. The number of nitrogens with one attached hydrogen (secondary N) is 2. The van der Waals surface area contributed by atoms with E-state index in [1.807, 2.05) is 41.1 Å². The van der Waals surface area contributed by atoms with Crippen molar-refractivity contribution in [3.05, 3.63) is 60.7 Å². The molecule has 1 amide bonds. The average molecular weight is 532 g/mol. The first kappa shape index (κ1) is 26.1. The highest BCUT2D eigenvalue weighted by Crippen LogP contribution is 2.40. The highest BCUT2D eigenvalue weighted by atomic mass is 16.5. The highest BCUT2D eigenvalue weighted by molar-refractivity contribution is 5.79. The van der Waals surface area contributed by atoms with Gasteiger partial charge in [0, 0.05) is 62.5 Å². The van der Waals surface area contributed by atoms with Crippen LogP contribution in [0.25, 0.3) is 5.65 Å². The van der Waals surface area contributed by atoms with Crippen molar-refractivity contribution in [2.24, 2.45) is 5.92 Å². The Morgan fingerprint density at radius 1 is 1.08 bits per heavy atom. The van der Waals surface area contributed by atoms with Crippen LogP contribution in [0.1, 0.15) is 18.5 Å². The Kier molecular flexibility index (Phi) is 7.95. The van der Waals surface area contributed by atoms with Crippen LogP contribution < -0.4 is 29.7 Å². The summed E-state index contributed by atoms with van der Waals surface area (Å²) in [6.07, 6.45) is 8.12. The van der Waals surface area contributed by atoms with E-state index < -0.39 is 0 Å². The van der Waals surface area contributed by atoms with E-state index in [-0.39, 0.29) is 11.8 Å². The van der Waals surface area contributed by atoms with Crippen molar-refractivity contribution >= 4 is 29.0 Å². The number of pyridine rings is 1. The average Bonchev–Trinajstić information content (AvgIpc) is 3.39. The van der Waals surface area contributed by atoms with Gasteiger partial charge in [0.2, 0.25) is 17.6 Å². The largest absolute Gasteiger partial charge is 0.493 e. The number of hydrogen-bond acceptors (Lipinski definition) is 9. The van der Waals surface area contributed by atoms with E-state index >= 15 is 0 Å². The molecule has 1 atom stereocenters. The van der Waals surface area contributed by atoms with E-state index in [1.54, 1.807) is 39.7 Å². The van der Waals surface area contributed by atoms with E-state index in [0.29, 0.717) is 48.4 Å². The van der Waals surface area contributed by atoms with Gasteiger partial charge < -0.3 is 34.1 Å². The number of carbonyl (C=O) groups is 1. The second-order valence-corrected chi connectivity index (χ2v) is 9.30. The molecule has 1 saturated heterocycles. The first-order valence-corrected chi connectivity index (χ1v) is 12.9. The fourth-order valence-electron chi connectivity index (χ4n) is 4.83. The number of imidazole rings is 1. The summed E-state index contributed by atoms with van der Waals surface area (Å²) in [6.45, 7) is 1.97. The standard InChI is InChI=1S/C28H33N7O4/c1-37-22-15-21(16-23(38-2)26(22)39-3)32-28-30-12-10-25(33-28)34-14-6-7-19(17-34)27(36)29-11-9-20-18-35-13-5-4-8-24(35)31-20/h4-5,8,10,12-13,15-16,18-19H,6-7,9,11,14,17H2,1-3H3,(H,29,36)(H,30,32,33)/t19-/m0/s1. The molecule has 1 aliphatic rings. The summed E-state index contributed by atoms with van der Waals surface area (Å²) in [7, 11) is 4.70. The molecule has 0 aliphatic carbocycles. The third kappa shape index (κ3) is 5.97. The third-order valence-electron chi connectivity index (χ3n) is 6.77. The van der Waals surface area contributed by atoms with Gasteiger partial charge in [-0.15, -0.1) is 0 Å². The maximum Gasteiger partial charge on any atom is 0.229 e. The summed E-state index contributed by atoms with van der Waals surface area (Å²) in [5, 5.41) is 6.32. The summed E-state index contributed by atoms with van der Waals surface area (Å²) in [5.74, 6) is 2.72. The van der Waals surface area contributed by atoms with Gasteiger partial charge in [0.05, 0.1) is 32.9 Å². The van der Waals surface area contributed by atoms with E-state index in [2.05, 4.69) is 25.5 Å². The first-order chi connectivity index (χ1) is 19.1. The Morgan fingerprint density at radius 2 is 1.90 bits per heavy atom. The second kappa shape index (κ2) is 11.9. The molecule has 0 saturated carbocycles. The number of hydrogen-bond donors (Lipinski definition) is 2. The lowest BCUT2D eigenvalue weighted by molar-refractivity contribution is -0.125. The molecule has 5 rings (SSSR count). The number of aromatic nitrogens is 4. The van der Waals surface area contributed by atoms with Crippen LogP contribution in [0.4, 0.5) is 17.5 Å². The Hall–Kier alpha value is -4.54. The van der Waals surface area contributed by atoms with E-state index in [0.717, 1.165) is 36.5 Å². The number of ether oxygens (including phenoxy) is 3. The molecule has 204 valence electrons. The minimum Gasteiger partial charge on any atom is -0.493 e. The van der Waals surface area contributed by atoms with Gasteiger partial charge in [-0.05, 0) is 31.0 Å². The number of rotatable bonds is 10. The monoisotopic (exact) mass is 531 g/mol. The van der Waals surface area contributed by atoms with Gasteiger partial charge in [0.1, 0.15) is 11.5 Å². The quantitative estimate of drug-likeness (QED) is 0.317. The Balaban J connectivity index is 1.20. The molecule has 4 aromatic rings. The zero-order valence-electron chi connectivity index (χ0n) is 22.4. The number of benzene rings is 1. The number of piperidine rings is 1. The maximum atomic E-state index is 13.0. The Morgan fingerprint density at radius 3 is 2.64 bits per heavy atom. The van der Waals surface area contributed by atoms with Gasteiger partial charge in [-0.1, -0.05) is 6.07 Å². The molecular weight excluding hydrogens is 498 g/mol. The lowest BCUT2D eigenvalue weighted by atomic mass is 9.97. The van der Waals surface area contributed by atoms with Gasteiger partial charge in [-0.2, -0.15) is 4.98 Å². The van der Waals surface area contributed by atoms with Crippen LogP contribution in [0.15, 0.2) is 55.0 Å². The van der Waals surface area contributed by atoms with Gasteiger partial charge >= 0.3 is 0 Å². The molecular formula is C28H33N7O4. The number of carbonyl (C=O) groups excluding carboxylic acids is 1.